The summed E-state index contributed by atoms with van der Waals surface area (Å²) >= 11 is 1.75. The SMILES string of the molecule is CCCC(C)CSc1nnnn1CCNC. The van der Waals surface area contributed by atoms with Gasteiger partial charge in [-0.05, 0) is 23.4 Å². The summed E-state index contributed by atoms with van der Waals surface area (Å²) in [6.07, 6.45) is 2.51. The Morgan fingerprint density at radius 2 is 2.31 bits per heavy atom. The molecule has 0 aliphatic carbocycles. The van der Waals surface area contributed by atoms with E-state index >= 15 is 0 Å². The van der Waals surface area contributed by atoms with Gasteiger partial charge < -0.3 is 5.32 Å². The molecule has 1 heterocycles. The van der Waals surface area contributed by atoms with Gasteiger partial charge in [0.25, 0.3) is 0 Å². The predicted molar refractivity (Wildman–Crippen MR) is 66.5 cm³/mol. The normalized spacial score (nSPS) is 12.9. The van der Waals surface area contributed by atoms with Gasteiger partial charge in [0.1, 0.15) is 0 Å². The minimum Gasteiger partial charge on any atom is -0.318 e. The van der Waals surface area contributed by atoms with Crippen LogP contribution in [0.25, 0.3) is 0 Å². The Kier molecular flexibility index (Phi) is 6.40. The van der Waals surface area contributed by atoms with Crippen LogP contribution in [0, 0.1) is 5.92 Å². The van der Waals surface area contributed by atoms with Crippen LogP contribution >= 0.6 is 11.8 Å². The van der Waals surface area contributed by atoms with Gasteiger partial charge in [0.15, 0.2) is 0 Å². The molecule has 1 unspecified atom stereocenters. The molecular weight excluding hydrogens is 222 g/mol. The number of tetrazole rings is 1. The second-order valence-electron chi connectivity index (χ2n) is 3.99. The summed E-state index contributed by atoms with van der Waals surface area (Å²) in [5.74, 6) is 1.82. The Hall–Kier alpha value is -0.620. The van der Waals surface area contributed by atoms with E-state index in [1.165, 1.54) is 12.8 Å². The molecule has 0 radical (unpaired) electrons. The quantitative estimate of drug-likeness (QED) is 0.700. The van der Waals surface area contributed by atoms with Crippen molar-refractivity contribution in [3.63, 3.8) is 0 Å². The maximum Gasteiger partial charge on any atom is 0.209 e. The standard InChI is InChI=1S/C10H21N5S/c1-4-5-9(2)8-16-10-12-13-14-15(10)7-6-11-3/h9,11H,4-8H2,1-3H3. The molecule has 0 aromatic carbocycles. The number of rotatable bonds is 8. The van der Waals surface area contributed by atoms with Gasteiger partial charge >= 0.3 is 0 Å². The number of thioether (sulfide) groups is 1. The zero-order chi connectivity index (χ0) is 11.8. The first-order valence-corrected chi connectivity index (χ1v) is 6.80. The molecular formula is C10H21N5S. The van der Waals surface area contributed by atoms with E-state index in [0.717, 1.165) is 29.9 Å². The molecule has 0 saturated carbocycles. The molecule has 0 saturated heterocycles. The monoisotopic (exact) mass is 243 g/mol. The lowest BCUT2D eigenvalue weighted by molar-refractivity contribution is 0.528. The molecule has 0 bridgehead atoms. The van der Waals surface area contributed by atoms with E-state index in [0.29, 0.717) is 0 Å². The van der Waals surface area contributed by atoms with Gasteiger partial charge in [0.05, 0.1) is 6.54 Å². The Morgan fingerprint density at radius 1 is 1.50 bits per heavy atom. The molecule has 0 fully saturated rings. The van der Waals surface area contributed by atoms with Gasteiger partial charge in [-0.15, -0.1) is 5.10 Å². The molecule has 1 N–H and O–H groups in total. The van der Waals surface area contributed by atoms with E-state index in [2.05, 4.69) is 34.7 Å². The highest BCUT2D eigenvalue weighted by molar-refractivity contribution is 7.99. The van der Waals surface area contributed by atoms with Crippen LogP contribution in [0.15, 0.2) is 5.16 Å². The van der Waals surface area contributed by atoms with E-state index < -0.39 is 0 Å². The molecule has 0 aliphatic heterocycles. The first-order chi connectivity index (χ1) is 7.77. The van der Waals surface area contributed by atoms with Crippen molar-refractivity contribution in [1.29, 1.82) is 0 Å². The van der Waals surface area contributed by atoms with Crippen molar-refractivity contribution in [3.8, 4) is 0 Å². The molecule has 1 aromatic rings. The molecule has 1 aromatic heterocycles. The number of aromatic nitrogens is 4. The summed E-state index contributed by atoms with van der Waals surface area (Å²) in [4.78, 5) is 0. The summed E-state index contributed by atoms with van der Waals surface area (Å²) in [5.41, 5.74) is 0. The molecule has 1 atom stereocenters. The number of nitrogens with zero attached hydrogens (tertiary/aromatic N) is 4. The number of nitrogens with one attached hydrogen (secondary N) is 1. The molecule has 0 spiro atoms. The number of hydrogen-bond acceptors (Lipinski definition) is 5. The zero-order valence-electron chi connectivity index (χ0n) is 10.3. The highest BCUT2D eigenvalue weighted by atomic mass is 32.2. The molecule has 92 valence electrons. The molecule has 5 nitrogen and oxygen atoms in total. The van der Waals surface area contributed by atoms with Crippen molar-refractivity contribution in [2.45, 2.75) is 38.4 Å². The van der Waals surface area contributed by atoms with Crippen LogP contribution < -0.4 is 5.32 Å². The van der Waals surface area contributed by atoms with Crippen LogP contribution in [0.2, 0.25) is 0 Å². The fraction of sp³-hybridized carbons (Fsp3) is 0.900. The molecule has 1 rings (SSSR count). The van der Waals surface area contributed by atoms with Gasteiger partial charge in [0, 0.05) is 12.3 Å². The van der Waals surface area contributed by atoms with Crippen LogP contribution in [0.3, 0.4) is 0 Å². The Morgan fingerprint density at radius 3 is 3.00 bits per heavy atom. The fourth-order valence-electron chi connectivity index (χ4n) is 1.45. The Balaban J connectivity index is 2.37. The smallest absolute Gasteiger partial charge is 0.209 e. The van der Waals surface area contributed by atoms with Crippen molar-refractivity contribution in [1.82, 2.24) is 25.5 Å². The second-order valence-corrected chi connectivity index (χ2v) is 4.98. The summed E-state index contributed by atoms with van der Waals surface area (Å²) in [6.45, 7) is 6.22. The molecule has 6 heteroatoms. The maximum absolute atomic E-state index is 4.04. The molecule has 0 amide bonds. The van der Waals surface area contributed by atoms with E-state index in [1.807, 2.05) is 11.7 Å². The summed E-state index contributed by atoms with van der Waals surface area (Å²) < 4.78 is 1.86. The van der Waals surface area contributed by atoms with Crippen molar-refractivity contribution in [2.24, 2.45) is 5.92 Å². The number of hydrogen-bond donors (Lipinski definition) is 1. The minimum atomic E-state index is 0.726. The van der Waals surface area contributed by atoms with Gasteiger partial charge in [0.2, 0.25) is 5.16 Å². The highest BCUT2D eigenvalue weighted by Gasteiger charge is 2.08. The van der Waals surface area contributed by atoms with E-state index in [4.69, 9.17) is 0 Å². The average Bonchev–Trinajstić information content (AvgIpc) is 2.71. The molecule has 16 heavy (non-hydrogen) atoms. The zero-order valence-corrected chi connectivity index (χ0v) is 11.1. The Labute approximate surface area is 101 Å². The van der Waals surface area contributed by atoms with Gasteiger partial charge in [-0.2, -0.15) is 0 Å². The van der Waals surface area contributed by atoms with Gasteiger partial charge in [-0.1, -0.05) is 38.5 Å². The van der Waals surface area contributed by atoms with Crippen LogP contribution in [0.4, 0.5) is 0 Å². The summed E-state index contributed by atoms with van der Waals surface area (Å²) in [7, 11) is 1.93. The topological polar surface area (TPSA) is 55.6 Å². The summed E-state index contributed by atoms with van der Waals surface area (Å²) in [5, 5.41) is 15.7. The minimum absolute atomic E-state index is 0.726. The van der Waals surface area contributed by atoms with Crippen molar-refractivity contribution in [3.05, 3.63) is 0 Å². The first kappa shape index (κ1) is 13.4. The van der Waals surface area contributed by atoms with Gasteiger partial charge in [-0.25, -0.2) is 4.68 Å². The van der Waals surface area contributed by atoms with Crippen LogP contribution in [-0.4, -0.2) is 39.6 Å². The lowest BCUT2D eigenvalue weighted by Gasteiger charge is -2.08. The lowest BCUT2D eigenvalue weighted by atomic mass is 10.1. The van der Waals surface area contributed by atoms with Crippen molar-refractivity contribution in [2.75, 3.05) is 19.3 Å². The summed E-state index contributed by atoms with van der Waals surface area (Å²) in [6, 6.07) is 0. The predicted octanol–water partition coefficient (Wildman–Crippen LogP) is 1.42. The van der Waals surface area contributed by atoms with Gasteiger partial charge in [-0.3, -0.25) is 0 Å². The third kappa shape index (κ3) is 4.49. The number of likely N-dealkylation sites (N-methyl/N-ethyl adjacent to an activating group) is 1. The van der Waals surface area contributed by atoms with Crippen molar-refractivity contribution < 1.29 is 0 Å². The van der Waals surface area contributed by atoms with E-state index in [1.54, 1.807) is 11.8 Å². The fourth-order valence-corrected chi connectivity index (χ4v) is 2.42. The third-order valence-corrected chi connectivity index (χ3v) is 3.64. The third-order valence-electron chi connectivity index (χ3n) is 2.35. The van der Waals surface area contributed by atoms with Crippen molar-refractivity contribution >= 4 is 11.8 Å². The average molecular weight is 243 g/mol. The van der Waals surface area contributed by atoms with Crippen LogP contribution in [-0.2, 0) is 6.54 Å². The first-order valence-electron chi connectivity index (χ1n) is 5.81. The van der Waals surface area contributed by atoms with E-state index in [-0.39, 0.29) is 0 Å². The highest BCUT2D eigenvalue weighted by Crippen LogP contribution is 2.19. The second kappa shape index (κ2) is 7.62. The van der Waals surface area contributed by atoms with Crippen LogP contribution in [0.1, 0.15) is 26.7 Å². The Bertz CT molecular complexity index is 288. The van der Waals surface area contributed by atoms with E-state index in [9.17, 15) is 0 Å². The molecule has 0 aliphatic rings. The maximum atomic E-state index is 4.04. The van der Waals surface area contributed by atoms with Crippen LogP contribution in [0.5, 0.6) is 0 Å². The largest absolute Gasteiger partial charge is 0.318 e. The lowest BCUT2D eigenvalue weighted by Crippen LogP contribution is -2.16.